The minimum Gasteiger partial charge on any atom is -0.489 e. The highest BCUT2D eigenvalue weighted by Crippen LogP contribution is 2.29. The van der Waals surface area contributed by atoms with Gasteiger partial charge in [0.1, 0.15) is 12.4 Å². The van der Waals surface area contributed by atoms with Crippen LogP contribution in [0.4, 0.5) is 5.13 Å². The number of thiazole rings is 1. The maximum absolute atomic E-state index is 12.2. The van der Waals surface area contributed by atoms with Gasteiger partial charge in [-0.2, -0.15) is 0 Å². The van der Waals surface area contributed by atoms with E-state index in [1.807, 2.05) is 30.3 Å². The molecule has 1 aliphatic heterocycles. The molecule has 2 aromatic heterocycles. The molecule has 0 unspecified atom stereocenters. The van der Waals surface area contributed by atoms with E-state index in [-0.39, 0.29) is 11.7 Å². The maximum atomic E-state index is 12.2. The molecule has 7 heteroatoms. The van der Waals surface area contributed by atoms with Gasteiger partial charge in [0, 0.05) is 30.9 Å². The summed E-state index contributed by atoms with van der Waals surface area (Å²) in [6.07, 6.45) is 2.36. The lowest BCUT2D eigenvalue weighted by Crippen LogP contribution is -2.29. The summed E-state index contributed by atoms with van der Waals surface area (Å²) in [5, 5.41) is 3.46. The average Bonchev–Trinajstić information content (AvgIpc) is 3.49. The van der Waals surface area contributed by atoms with Crippen LogP contribution < -0.4 is 10.1 Å². The van der Waals surface area contributed by atoms with Gasteiger partial charge in [-0.1, -0.05) is 42.5 Å². The number of carbonyl (C=O) groups excluding carboxylic acids is 1. The van der Waals surface area contributed by atoms with E-state index in [1.165, 1.54) is 28.0 Å². The van der Waals surface area contributed by atoms with Gasteiger partial charge in [0.15, 0.2) is 10.9 Å². The minimum atomic E-state index is -0.271. The van der Waals surface area contributed by atoms with Crippen molar-refractivity contribution < 1.29 is 13.9 Å². The number of rotatable bonds is 7. The Hall–Kier alpha value is -3.42. The molecule has 2 aromatic carbocycles. The van der Waals surface area contributed by atoms with Gasteiger partial charge in [0.25, 0.3) is 5.91 Å². The Morgan fingerprint density at radius 2 is 1.91 bits per heavy atom. The Morgan fingerprint density at radius 1 is 1.06 bits per heavy atom. The third kappa shape index (κ3) is 4.90. The number of fused-ring (bicyclic) bond motifs is 1. The maximum Gasteiger partial charge on any atom is 0.293 e. The summed E-state index contributed by atoms with van der Waals surface area (Å²) in [6, 6.07) is 21.8. The first kappa shape index (κ1) is 20.5. The normalized spacial score (nSPS) is 13.5. The zero-order valence-electron chi connectivity index (χ0n) is 17.5. The molecule has 0 fully saturated rings. The van der Waals surface area contributed by atoms with Crippen LogP contribution in [0.5, 0.6) is 5.75 Å². The van der Waals surface area contributed by atoms with E-state index >= 15 is 0 Å². The number of aromatic nitrogens is 1. The van der Waals surface area contributed by atoms with Gasteiger partial charge in [-0.3, -0.25) is 15.0 Å². The summed E-state index contributed by atoms with van der Waals surface area (Å²) in [5.41, 5.74) is 3.48. The first-order chi connectivity index (χ1) is 15.7. The number of carbonyl (C=O) groups is 1. The molecule has 4 aromatic rings. The number of hydrogen-bond donors (Lipinski definition) is 1. The zero-order chi connectivity index (χ0) is 21.8. The molecule has 6 nitrogen and oxygen atoms in total. The van der Waals surface area contributed by atoms with Crippen molar-refractivity contribution in [2.24, 2.45) is 0 Å². The average molecular weight is 446 g/mol. The largest absolute Gasteiger partial charge is 0.489 e. The molecule has 0 atom stereocenters. The molecule has 1 N–H and O–H groups in total. The molecule has 1 amide bonds. The molecule has 0 bridgehead atoms. The van der Waals surface area contributed by atoms with Crippen LogP contribution in [-0.4, -0.2) is 22.3 Å². The molecule has 3 heterocycles. The highest BCUT2D eigenvalue weighted by molar-refractivity contribution is 7.15. The van der Waals surface area contributed by atoms with E-state index in [0.29, 0.717) is 11.7 Å². The zero-order valence-corrected chi connectivity index (χ0v) is 18.3. The number of anilines is 1. The number of nitrogens with zero attached hydrogens (tertiary/aromatic N) is 2. The van der Waals surface area contributed by atoms with Gasteiger partial charge in [-0.15, -0.1) is 11.3 Å². The third-order valence-electron chi connectivity index (χ3n) is 5.35. The van der Waals surface area contributed by atoms with E-state index in [0.717, 1.165) is 43.1 Å². The second-order valence-corrected chi connectivity index (χ2v) is 8.78. The Morgan fingerprint density at radius 3 is 2.69 bits per heavy atom. The highest BCUT2D eigenvalue weighted by Gasteiger charge is 2.22. The van der Waals surface area contributed by atoms with E-state index < -0.39 is 0 Å². The minimum absolute atomic E-state index is 0.271. The topological polar surface area (TPSA) is 67.6 Å². The van der Waals surface area contributed by atoms with Crippen LogP contribution in [0, 0.1) is 0 Å². The van der Waals surface area contributed by atoms with Crippen molar-refractivity contribution in [1.29, 1.82) is 0 Å². The molecule has 162 valence electrons. The fourth-order valence-electron chi connectivity index (χ4n) is 3.69. The van der Waals surface area contributed by atoms with E-state index in [1.54, 1.807) is 12.1 Å². The fraction of sp³-hybridized carbons (Fsp3) is 0.200. The second-order valence-electron chi connectivity index (χ2n) is 7.70. The van der Waals surface area contributed by atoms with Crippen molar-refractivity contribution in [2.45, 2.75) is 26.1 Å². The second kappa shape index (κ2) is 9.38. The van der Waals surface area contributed by atoms with Crippen molar-refractivity contribution in [3.8, 4) is 5.75 Å². The van der Waals surface area contributed by atoms with Gasteiger partial charge in [0.05, 0.1) is 12.0 Å². The monoisotopic (exact) mass is 445 g/mol. The molecular weight excluding hydrogens is 422 g/mol. The van der Waals surface area contributed by atoms with Crippen molar-refractivity contribution >= 4 is 22.4 Å². The van der Waals surface area contributed by atoms with Crippen LogP contribution in [0.3, 0.4) is 0 Å². The van der Waals surface area contributed by atoms with Crippen LogP contribution in [0.15, 0.2) is 77.4 Å². The molecule has 0 saturated carbocycles. The quantitative estimate of drug-likeness (QED) is 0.427. The number of benzene rings is 2. The van der Waals surface area contributed by atoms with Gasteiger partial charge >= 0.3 is 0 Å². The number of nitrogens with one attached hydrogen (secondary N) is 1. The molecular formula is C25H23N3O3S. The molecule has 0 spiro atoms. The number of furan rings is 1. The Labute approximate surface area is 190 Å². The molecule has 0 aliphatic carbocycles. The molecule has 0 radical (unpaired) electrons. The van der Waals surface area contributed by atoms with Crippen LogP contribution in [-0.2, 0) is 26.1 Å². The number of amides is 1. The first-order valence-electron chi connectivity index (χ1n) is 10.5. The summed E-state index contributed by atoms with van der Waals surface area (Å²) in [7, 11) is 0. The van der Waals surface area contributed by atoms with Crippen molar-refractivity contribution in [3.63, 3.8) is 0 Å². The van der Waals surface area contributed by atoms with Gasteiger partial charge in [0.2, 0.25) is 0 Å². The first-order valence-corrected chi connectivity index (χ1v) is 11.4. The molecule has 1 aliphatic rings. The number of ether oxygens (including phenoxy) is 1. The fourth-order valence-corrected chi connectivity index (χ4v) is 4.74. The highest BCUT2D eigenvalue weighted by atomic mass is 32.1. The summed E-state index contributed by atoms with van der Waals surface area (Å²) in [4.78, 5) is 20.4. The Balaban J connectivity index is 1.15. The summed E-state index contributed by atoms with van der Waals surface area (Å²) < 4.78 is 11.0. The van der Waals surface area contributed by atoms with E-state index in [4.69, 9.17) is 9.15 Å². The van der Waals surface area contributed by atoms with Crippen LogP contribution in [0.1, 0.15) is 32.3 Å². The number of hydrogen-bond acceptors (Lipinski definition) is 6. The van der Waals surface area contributed by atoms with E-state index in [9.17, 15) is 4.79 Å². The standard InChI is InChI=1S/C25H23N3O3S/c29-24(22-7-4-14-30-22)27-25-26-21-12-13-28(16-23(21)32-25)15-18-8-10-20(11-9-18)31-17-19-5-2-1-3-6-19/h1-11,14H,12-13,15-17H2,(H,26,27,29). The smallest absolute Gasteiger partial charge is 0.293 e. The SMILES string of the molecule is O=C(Nc1nc2c(s1)CN(Cc1ccc(OCc3ccccc3)cc1)CC2)c1ccco1. The van der Waals surface area contributed by atoms with E-state index in [2.05, 4.69) is 39.5 Å². The lowest BCUT2D eigenvalue weighted by molar-refractivity contribution is 0.0996. The van der Waals surface area contributed by atoms with Crippen LogP contribution in [0.25, 0.3) is 0 Å². The van der Waals surface area contributed by atoms with Crippen molar-refractivity contribution in [2.75, 3.05) is 11.9 Å². The lowest BCUT2D eigenvalue weighted by atomic mass is 10.1. The molecule has 5 rings (SSSR count). The van der Waals surface area contributed by atoms with Gasteiger partial charge in [-0.05, 0) is 35.4 Å². The summed E-state index contributed by atoms with van der Waals surface area (Å²) in [6.45, 7) is 3.20. The van der Waals surface area contributed by atoms with Gasteiger partial charge < -0.3 is 9.15 Å². The predicted octanol–water partition coefficient (Wildman–Crippen LogP) is 5.13. The van der Waals surface area contributed by atoms with Gasteiger partial charge in [-0.25, -0.2) is 4.98 Å². The summed E-state index contributed by atoms with van der Waals surface area (Å²) in [5.74, 6) is 0.890. The van der Waals surface area contributed by atoms with Crippen LogP contribution >= 0.6 is 11.3 Å². The predicted molar refractivity (Wildman–Crippen MR) is 124 cm³/mol. The summed E-state index contributed by atoms with van der Waals surface area (Å²) >= 11 is 1.54. The molecule has 32 heavy (non-hydrogen) atoms. The molecule has 0 saturated heterocycles. The Kier molecular flexibility index (Phi) is 6.00. The third-order valence-corrected chi connectivity index (χ3v) is 6.35. The Bertz CT molecular complexity index is 1170. The van der Waals surface area contributed by atoms with Crippen molar-refractivity contribution in [3.05, 3.63) is 100 Å². The lowest BCUT2D eigenvalue weighted by Gasteiger charge is -2.25. The van der Waals surface area contributed by atoms with Crippen molar-refractivity contribution in [1.82, 2.24) is 9.88 Å². The van der Waals surface area contributed by atoms with Crippen LogP contribution in [0.2, 0.25) is 0 Å².